The number of ether oxygens (including phenoxy) is 1. The summed E-state index contributed by atoms with van der Waals surface area (Å²) in [5.41, 5.74) is 4.13. The number of hydrogen-bond donors (Lipinski definition) is 1. The highest BCUT2D eigenvalue weighted by Gasteiger charge is 2.38. The van der Waals surface area contributed by atoms with Gasteiger partial charge in [0.25, 0.3) is 0 Å². The van der Waals surface area contributed by atoms with E-state index in [2.05, 4.69) is 46.7 Å². The van der Waals surface area contributed by atoms with Crippen molar-refractivity contribution in [1.29, 1.82) is 0 Å². The number of benzene rings is 1. The summed E-state index contributed by atoms with van der Waals surface area (Å²) in [6.07, 6.45) is 0.796. The van der Waals surface area contributed by atoms with E-state index < -0.39 is 0 Å². The van der Waals surface area contributed by atoms with Gasteiger partial charge >= 0.3 is 0 Å². The standard InChI is InChI=1S/C20H31N3O2/c1-15-9-18(21-5-7-25-8-6-21)4-3-17(15)12-22-13-19-10-20(24)14-23(19)11-16(22)2/h3-4,9,16,19-20,24H,5-8,10-14H2,1-2H3/t16-,19-,20+/m0/s1. The van der Waals surface area contributed by atoms with E-state index in [-0.39, 0.29) is 6.10 Å². The Balaban J connectivity index is 1.43. The van der Waals surface area contributed by atoms with Gasteiger partial charge in [-0.05, 0) is 43.5 Å². The third-order valence-corrected chi connectivity index (χ3v) is 6.15. The molecular weight excluding hydrogens is 314 g/mol. The lowest BCUT2D eigenvalue weighted by atomic mass is 10.0. The second-order valence-corrected chi connectivity index (χ2v) is 7.99. The summed E-state index contributed by atoms with van der Waals surface area (Å²) in [4.78, 5) is 7.48. The first kappa shape index (κ1) is 17.3. The van der Waals surface area contributed by atoms with Crippen LogP contribution in [-0.4, -0.2) is 79.0 Å². The maximum absolute atomic E-state index is 9.95. The first-order valence-corrected chi connectivity index (χ1v) is 9.68. The second-order valence-electron chi connectivity index (χ2n) is 7.99. The van der Waals surface area contributed by atoms with E-state index >= 15 is 0 Å². The van der Waals surface area contributed by atoms with E-state index in [1.54, 1.807) is 0 Å². The summed E-state index contributed by atoms with van der Waals surface area (Å²) in [5, 5.41) is 9.95. The summed E-state index contributed by atoms with van der Waals surface area (Å²) >= 11 is 0. The molecule has 0 spiro atoms. The van der Waals surface area contributed by atoms with Gasteiger partial charge in [-0.3, -0.25) is 9.80 Å². The number of hydrogen-bond acceptors (Lipinski definition) is 5. The van der Waals surface area contributed by atoms with E-state index in [9.17, 15) is 5.11 Å². The topological polar surface area (TPSA) is 39.2 Å². The highest BCUT2D eigenvalue weighted by molar-refractivity contribution is 5.51. The molecule has 138 valence electrons. The molecule has 0 aromatic heterocycles. The summed E-state index contributed by atoms with van der Waals surface area (Å²) < 4.78 is 5.46. The summed E-state index contributed by atoms with van der Waals surface area (Å²) in [6.45, 7) is 12.2. The van der Waals surface area contributed by atoms with Gasteiger partial charge in [0, 0.05) is 57.0 Å². The molecule has 3 aliphatic rings. The number of rotatable bonds is 3. The van der Waals surface area contributed by atoms with Crippen LogP contribution in [0.2, 0.25) is 0 Å². The summed E-state index contributed by atoms with van der Waals surface area (Å²) in [5.74, 6) is 0. The predicted octanol–water partition coefficient (Wildman–Crippen LogP) is 1.47. The van der Waals surface area contributed by atoms with Crippen molar-refractivity contribution in [3.8, 4) is 0 Å². The summed E-state index contributed by atoms with van der Waals surface area (Å²) in [7, 11) is 0. The predicted molar refractivity (Wildman–Crippen MR) is 100 cm³/mol. The van der Waals surface area contributed by atoms with Gasteiger partial charge in [0.05, 0.1) is 19.3 Å². The maximum Gasteiger partial charge on any atom is 0.0682 e. The quantitative estimate of drug-likeness (QED) is 0.898. The Hall–Kier alpha value is -1.14. The molecule has 3 atom stereocenters. The van der Waals surface area contributed by atoms with Gasteiger partial charge < -0.3 is 14.7 Å². The zero-order valence-corrected chi connectivity index (χ0v) is 15.5. The first-order chi connectivity index (χ1) is 12.1. The molecule has 3 fully saturated rings. The Labute approximate surface area is 151 Å². The van der Waals surface area contributed by atoms with Crippen molar-refractivity contribution in [2.24, 2.45) is 0 Å². The van der Waals surface area contributed by atoms with Gasteiger partial charge in [-0.25, -0.2) is 0 Å². The van der Waals surface area contributed by atoms with Gasteiger partial charge in [-0.1, -0.05) is 6.07 Å². The van der Waals surface area contributed by atoms with Crippen LogP contribution in [0.15, 0.2) is 18.2 Å². The van der Waals surface area contributed by atoms with Crippen LogP contribution in [-0.2, 0) is 11.3 Å². The van der Waals surface area contributed by atoms with Crippen LogP contribution in [0.25, 0.3) is 0 Å². The van der Waals surface area contributed by atoms with Crippen LogP contribution >= 0.6 is 0 Å². The van der Waals surface area contributed by atoms with E-state index in [1.165, 1.54) is 16.8 Å². The van der Waals surface area contributed by atoms with Gasteiger partial charge in [-0.15, -0.1) is 0 Å². The fourth-order valence-electron chi connectivity index (χ4n) is 4.59. The summed E-state index contributed by atoms with van der Waals surface area (Å²) in [6, 6.07) is 7.98. The molecule has 25 heavy (non-hydrogen) atoms. The SMILES string of the molecule is Cc1cc(N2CCOCC2)ccc1CN1C[C@@H]2C[C@@H](O)CN2C[C@@H]1C. The van der Waals surface area contributed by atoms with Crippen molar-refractivity contribution in [1.82, 2.24) is 9.80 Å². The number of aliphatic hydroxyl groups excluding tert-OH is 1. The molecule has 4 rings (SSSR count). The van der Waals surface area contributed by atoms with Gasteiger partial charge in [0.2, 0.25) is 0 Å². The van der Waals surface area contributed by atoms with Crippen LogP contribution in [0.3, 0.4) is 0 Å². The van der Waals surface area contributed by atoms with Crippen molar-refractivity contribution in [3.05, 3.63) is 29.3 Å². The van der Waals surface area contributed by atoms with Gasteiger partial charge in [0.15, 0.2) is 0 Å². The number of anilines is 1. The van der Waals surface area contributed by atoms with Crippen LogP contribution in [0.4, 0.5) is 5.69 Å². The molecule has 0 unspecified atom stereocenters. The van der Waals surface area contributed by atoms with Crippen LogP contribution in [0.1, 0.15) is 24.5 Å². The Morgan fingerprint density at radius 3 is 2.72 bits per heavy atom. The Bertz CT molecular complexity index is 603. The minimum atomic E-state index is -0.133. The molecule has 3 aliphatic heterocycles. The van der Waals surface area contributed by atoms with E-state index in [0.717, 1.165) is 58.9 Å². The van der Waals surface area contributed by atoms with Crippen molar-refractivity contribution in [2.75, 3.05) is 50.8 Å². The Morgan fingerprint density at radius 1 is 1.16 bits per heavy atom. The van der Waals surface area contributed by atoms with E-state index in [4.69, 9.17) is 4.74 Å². The van der Waals surface area contributed by atoms with Crippen molar-refractivity contribution >= 4 is 5.69 Å². The zero-order chi connectivity index (χ0) is 17.4. The van der Waals surface area contributed by atoms with Crippen molar-refractivity contribution in [3.63, 3.8) is 0 Å². The van der Waals surface area contributed by atoms with Crippen molar-refractivity contribution < 1.29 is 9.84 Å². The number of aryl methyl sites for hydroxylation is 1. The molecule has 1 aromatic rings. The molecule has 0 bridgehead atoms. The van der Waals surface area contributed by atoms with E-state index in [1.807, 2.05) is 0 Å². The molecule has 0 radical (unpaired) electrons. The molecule has 0 saturated carbocycles. The normalized spacial score (nSPS) is 31.3. The third-order valence-electron chi connectivity index (χ3n) is 6.15. The lowest BCUT2D eigenvalue weighted by Gasteiger charge is -2.42. The number of nitrogens with zero attached hydrogens (tertiary/aromatic N) is 3. The molecule has 3 heterocycles. The molecule has 5 heteroatoms. The average Bonchev–Trinajstić information content (AvgIpc) is 2.96. The molecule has 1 N–H and O–H groups in total. The molecule has 0 amide bonds. The lowest BCUT2D eigenvalue weighted by molar-refractivity contribution is 0.0527. The van der Waals surface area contributed by atoms with Crippen LogP contribution in [0.5, 0.6) is 0 Å². The first-order valence-electron chi connectivity index (χ1n) is 9.68. The number of fused-ring (bicyclic) bond motifs is 1. The van der Waals surface area contributed by atoms with E-state index in [0.29, 0.717) is 12.1 Å². The van der Waals surface area contributed by atoms with Gasteiger partial charge in [-0.2, -0.15) is 0 Å². The zero-order valence-electron chi connectivity index (χ0n) is 15.5. The highest BCUT2D eigenvalue weighted by Crippen LogP contribution is 2.27. The Kier molecular flexibility index (Phi) is 5.00. The fourth-order valence-corrected chi connectivity index (χ4v) is 4.59. The molecular formula is C20H31N3O2. The average molecular weight is 345 g/mol. The molecule has 3 saturated heterocycles. The highest BCUT2D eigenvalue weighted by atomic mass is 16.5. The lowest BCUT2D eigenvalue weighted by Crippen LogP contribution is -2.54. The van der Waals surface area contributed by atoms with Gasteiger partial charge in [0.1, 0.15) is 0 Å². The minimum absolute atomic E-state index is 0.133. The monoisotopic (exact) mass is 345 g/mol. The number of aliphatic hydroxyl groups is 1. The molecule has 5 nitrogen and oxygen atoms in total. The molecule has 1 aromatic carbocycles. The number of morpholine rings is 1. The third kappa shape index (κ3) is 3.70. The number of piperazine rings is 1. The largest absolute Gasteiger partial charge is 0.392 e. The fraction of sp³-hybridized carbons (Fsp3) is 0.700. The Morgan fingerprint density at radius 2 is 1.96 bits per heavy atom. The second kappa shape index (κ2) is 7.23. The van der Waals surface area contributed by atoms with Crippen LogP contribution in [0, 0.1) is 6.92 Å². The molecule has 0 aliphatic carbocycles. The maximum atomic E-state index is 9.95. The smallest absolute Gasteiger partial charge is 0.0682 e. The van der Waals surface area contributed by atoms with Crippen molar-refractivity contribution in [2.45, 2.75) is 45.0 Å². The minimum Gasteiger partial charge on any atom is -0.392 e. The van der Waals surface area contributed by atoms with Crippen LogP contribution < -0.4 is 4.90 Å².